The maximum Gasteiger partial charge on any atom is 0.321 e. The van der Waals surface area contributed by atoms with Gasteiger partial charge in [0.2, 0.25) is 0 Å². The van der Waals surface area contributed by atoms with E-state index in [2.05, 4.69) is 77.8 Å². The number of piperazine rings is 1. The van der Waals surface area contributed by atoms with E-state index in [1.54, 1.807) is 11.8 Å². The number of hydrogen-bond acceptors (Lipinski definition) is 6. The van der Waals surface area contributed by atoms with Gasteiger partial charge in [-0.15, -0.1) is 0 Å². The molecule has 44 heavy (non-hydrogen) atoms. The fourth-order valence-electron chi connectivity index (χ4n) is 5.96. The highest BCUT2D eigenvalue weighted by Crippen LogP contribution is 2.32. The quantitative estimate of drug-likeness (QED) is 0.120. The molecule has 1 aliphatic heterocycles. The number of benzene rings is 2. The van der Waals surface area contributed by atoms with E-state index in [0.29, 0.717) is 11.8 Å². The first-order valence-electron chi connectivity index (χ1n) is 17.0. The van der Waals surface area contributed by atoms with Crippen molar-refractivity contribution in [2.75, 3.05) is 63.4 Å². The van der Waals surface area contributed by atoms with Crippen molar-refractivity contribution >= 4 is 34.6 Å². The van der Waals surface area contributed by atoms with Gasteiger partial charge in [-0.2, -0.15) is 0 Å². The minimum atomic E-state index is 0.0468. The maximum absolute atomic E-state index is 13.8. The molecule has 2 amide bonds. The second kappa shape index (κ2) is 17.8. The third kappa shape index (κ3) is 10.2. The number of nitrogens with zero attached hydrogens (tertiary/aromatic N) is 4. The van der Waals surface area contributed by atoms with Gasteiger partial charge in [0.25, 0.3) is 5.22 Å². The van der Waals surface area contributed by atoms with Crippen LogP contribution < -0.4 is 5.32 Å². The Kier molecular flexibility index (Phi) is 13.9. The number of fused-ring (bicyclic) bond motifs is 1. The van der Waals surface area contributed by atoms with Crippen molar-refractivity contribution in [2.24, 2.45) is 0 Å². The lowest BCUT2D eigenvalue weighted by molar-refractivity contribution is 0.122. The van der Waals surface area contributed by atoms with E-state index in [1.165, 1.54) is 36.8 Å². The Labute approximate surface area is 270 Å². The summed E-state index contributed by atoms with van der Waals surface area (Å²) in [6, 6.07) is 14.4. The van der Waals surface area contributed by atoms with Gasteiger partial charge in [-0.05, 0) is 54.5 Å². The smallest absolute Gasteiger partial charge is 0.321 e. The van der Waals surface area contributed by atoms with E-state index in [4.69, 9.17) is 4.42 Å². The number of oxazole rings is 1. The molecule has 1 N–H and O–H groups in total. The predicted molar refractivity (Wildman–Crippen MR) is 186 cm³/mol. The normalized spacial score (nSPS) is 14.6. The molecule has 8 heteroatoms. The average molecular weight is 622 g/mol. The molecule has 0 bridgehead atoms. The van der Waals surface area contributed by atoms with Crippen molar-refractivity contribution in [2.45, 2.75) is 90.2 Å². The number of aromatic nitrogens is 1. The lowest BCUT2D eigenvalue weighted by Gasteiger charge is -2.36. The Balaban J connectivity index is 1.24. The molecule has 0 spiro atoms. The van der Waals surface area contributed by atoms with Crippen LogP contribution in [0.5, 0.6) is 0 Å². The molecule has 0 radical (unpaired) electrons. The van der Waals surface area contributed by atoms with Crippen molar-refractivity contribution in [1.29, 1.82) is 0 Å². The fraction of sp³-hybridized carbons (Fsp3) is 0.611. The predicted octanol–water partition coefficient (Wildman–Crippen LogP) is 8.68. The van der Waals surface area contributed by atoms with E-state index >= 15 is 0 Å². The summed E-state index contributed by atoms with van der Waals surface area (Å²) < 4.78 is 5.84. The van der Waals surface area contributed by atoms with E-state index < -0.39 is 0 Å². The standard InChI is InChI=1S/C36H55N5O2S/c1-6-7-8-9-12-20-41(35(42)38-34-30(28(2)3)15-13-16-31(34)29(4)5)26-25-40-23-21-39(22-24-40)19-14-27-44-36-37-32-17-10-11-18-33(32)43-36/h10-11,13,15-18,28-29H,6-9,12,14,19-27H2,1-5H3,(H,38,42). The number of unbranched alkanes of at least 4 members (excludes halogenated alkanes) is 4. The maximum atomic E-state index is 13.8. The summed E-state index contributed by atoms with van der Waals surface area (Å²) >= 11 is 1.71. The molecule has 0 saturated carbocycles. The van der Waals surface area contributed by atoms with Crippen LogP contribution in [-0.4, -0.2) is 83.8 Å². The van der Waals surface area contributed by atoms with Gasteiger partial charge >= 0.3 is 6.03 Å². The summed E-state index contributed by atoms with van der Waals surface area (Å²) in [4.78, 5) is 25.5. The van der Waals surface area contributed by atoms with E-state index in [0.717, 1.165) is 93.0 Å². The zero-order valence-electron chi connectivity index (χ0n) is 27.8. The van der Waals surface area contributed by atoms with Gasteiger partial charge in [-0.25, -0.2) is 9.78 Å². The molecule has 1 aliphatic rings. The number of nitrogens with one attached hydrogen (secondary N) is 1. The SMILES string of the molecule is CCCCCCCN(CCN1CCN(CCCSc2nc3ccccc3o2)CC1)C(=O)Nc1c(C(C)C)cccc1C(C)C. The summed E-state index contributed by atoms with van der Waals surface area (Å²) in [7, 11) is 0. The first kappa shape index (κ1) is 34.3. The molecule has 4 rings (SSSR count). The van der Waals surface area contributed by atoms with Gasteiger partial charge in [-0.1, -0.05) is 102 Å². The number of carbonyl (C=O) groups excluding carboxylic acids is 1. The Morgan fingerprint density at radius 3 is 2.18 bits per heavy atom. The molecule has 2 heterocycles. The van der Waals surface area contributed by atoms with Gasteiger partial charge in [0.05, 0.1) is 0 Å². The molecule has 0 aliphatic carbocycles. The summed E-state index contributed by atoms with van der Waals surface area (Å²) in [5, 5.41) is 4.15. The van der Waals surface area contributed by atoms with Crippen LogP contribution in [0.4, 0.5) is 10.5 Å². The van der Waals surface area contributed by atoms with Crippen LogP contribution in [0.1, 0.15) is 96.1 Å². The molecule has 1 aromatic heterocycles. The zero-order chi connectivity index (χ0) is 31.3. The Bertz CT molecular complexity index is 1230. The molecule has 2 aromatic carbocycles. The lowest BCUT2D eigenvalue weighted by Crippen LogP contribution is -2.49. The number of amides is 2. The van der Waals surface area contributed by atoms with Crippen LogP contribution in [0.15, 0.2) is 52.1 Å². The summed E-state index contributed by atoms with van der Waals surface area (Å²) in [5.74, 6) is 1.71. The van der Waals surface area contributed by atoms with Crippen molar-refractivity contribution in [1.82, 2.24) is 19.7 Å². The lowest BCUT2D eigenvalue weighted by atomic mass is 9.93. The summed E-state index contributed by atoms with van der Waals surface area (Å²) in [5.41, 5.74) is 5.24. The first-order chi connectivity index (χ1) is 21.4. The topological polar surface area (TPSA) is 64.8 Å². The molecule has 0 unspecified atom stereocenters. The second-order valence-electron chi connectivity index (χ2n) is 12.8. The zero-order valence-corrected chi connectivity index (χ0v) is 28.6. The highest BCUT2D eigenvalue weighted by Gasteiger charge is 2.22. The van der Waals surface area contributed by atoms with Crippen molar-refractivity contribution in [3.05, 3.63) is 53.6 Å². The van der Waals surface area contributed by atoms with E-state index in [9.17, 15) is 4.79 Å². The number of para-hydroxylation sites is 3. The van der Waals surface area contributed by atoms with Crippen LogP contribution in [0.3, 0.4) is 0 Å². The second-order valence-corrected chi connectivity index (χ2v) is 13.8. The minimum absolute atomic E-state index is 0.0468. The number of urea groups is 1. The van der Waals surface area contributed by atoms with Gasteiger partial charge in [0.15, 0.2) is 5.58 Å². The van der Waals surface area contributed by atoms with Crippen molar-refractivity contribution in [3.63, 3.8) is 0 Å². The number of rotatable bonds is 17. The monoisotopic (exact) mass is 621 g/mol. The van der Waals surface area contributed by atoms with Crippen molar-refractivity contribution < 1.29 is 9.21 Å². The van der Waals surface area contributed by atoms with Gasteiger partial charge in [0, 0.05) is 57.3 Å². The molecule has 7 nitrogen and oxygen atoms in total. The fourth-order valence-corrected chi connectivity index (χ4v) is 6.72. The molecular formula is C36H55N5O2S. The Morgan fingerprint density at radius 1 is 0.864 bits per heavy atom. The molecule has 242 valence electrons. The van der Waals surface area contributed by atoms with Crippen molar-refractivity contribution in [3.8, 4) is 0 Å². The van der Waals surface area contributed by atoms with Crippen LogP contribution in [0, 0.1) is 0 Å². The van der Waals surface area contributed by atoms with Gasteiger partial charge < -0.3 is 19.5 Å². The molecule has 1 fully saturated rings. The third-order valence-electron chi connectivity index (χ3n) is 8.69. The van der Waals surface area contributed by atoms with Crippen LogP contribution >= 0.6 is 11.8 Å². The van der Waals surface area contributed by atoms with E-state index in [-0.39, 0.29) is 6.03 Å². The van der Waals surface area contributed by atoms with Crippen LogP contribution in [-0.2, 0) is 0 Å². The van der Waals surface area contributed by atoms with Gasteiger partial charge in [0.1, 0.15) is 5.52 Å². The molecular weight excluding hydrogens is 566 g/mol. The molecule has 3 aromatic rings. The minimum Gasteiger partial charge on any atom is -0.431 e. The number of thioether (sulfide) groups is 1. The Morgan fingerprint density at radius 2 is 1.52 bits per heavy atom. The summed E-state index contributed by atoms with van der Waals surface area (Å²) in [6.07, 6.45) is 7.11. The first-order valence-corrected chi connectivity index (χ1v) is 18.0. The average Bonchev–Trinajstić information content (AvgIpc) is 3.44. The largest absolute Gasteiger partial charge is 0.431 e. The molecule has 1 saturated heterocycles. The highest BCUT2D eigenvalue weighted by atomic mass is 32.2. The van der Waals surface area contributed by atoms with Crippen LogP contribution in [0.2, 0.25) is 0 Å². The summed E-state index contributed by atoms with van der Waals surface area (Å²) in [6.45, 7) is 18.9. The molecule has 0 atom stereocenters. The Hall–Kier alpha value is -2.55. The number of carbonyl (C=O) groups is 1. The third-order valence-corrected chi connectivity index (χ3v) is 9.61. The van der Waals surface area contributed by atoms with E-state index in [1.807, 2.05) is 24.3 Å². The van der Waals surface area contributed by atoms with Crippen LogP contribution in [0.25, 0.3) is 11.1 Å². The number of anilines is 1. The number of hydrogen-bond donors (Lipinski definition) is 1. The van der Waals surface area contributed by atoms with Gasteiger partial charge in [-0.3, -0.25) is 4.90 Å². The highest BCUT2D eigenvalue weighted by molar-refractivity contribution is 7.99.